The molecule has 0 aliphatic carbocycles. The van der Waals surface area contributed by atoms with E-state index < -0.39 is 17.6 Å². The van der Waals surface area contributed by atoms with Gasteiger partial charge in [0.15, 0.2) is 11.5 Å². The van der Waals surface area contributed by atoms with Gasteiger partial charge in [0, 0.05) is 11.6 Å². The molecule has 0 bridgehead atoms. The van der Waals surface area contributed by atoms with E-state index in [1.54, 1.807) is 24.3 Å². The number of aromatic nitrogens is 4. The molecule has 3 heterocycles. The van der Waals surface area contributed by atoms with E-state index in [-0.39, 0.29) is 24.6 Å². The van der Waals surface area contributed by atoms with E-state index in [0.717, 1.165) is 23.0 Å². The molecule has 0 fully saturated rings. The second-order valence-corrected chi connectivity index (χ2v) is 7.65. The fourth-order valence-electron chi connectivity index (χ4n) is 2.89. The number of thiazole rings is 1. The van der Waals surface area contributed by atoms with Gasteiger partial charge in [-0.2, -0.15) is 13.2 Å². The van der Waals surface area contributed by atoms with Crippen LogP contribution >= 0.6 is 11.3 Å². The smallest absolute Gasteiger partial charge is 0.417 e. The van der Waals surface area contributed by atoms with Gasteiger partial charge in [-0.05, 0) is 31.2 Å². The van der Waals surface area contributed by atoms with Crippen molar-refractivity contribution in [2.75, 3.05) is 0 Å². The maximum Gasteiger partial charge on any atom is 0.417 e. The Morgan fingerprint density at radius 3 is 2.74 bits per heavy atom. The number of ether oxygens (including phenoxy) is 1. The van der Waals surface area contributed by atoms with E-state index in [9.17, 15) is 18.0 Å². The molecule has 3 aromatic heterocycles. The molecular formula is C20H16F3N5O2S. The molecule has 0 aliphatic heterocycles. The summed E-state index contributed by atoms with van der Waals surface area (Å²) in [6, 6.07) is 8.85. The number of carbonyl (C=O) groups is 1. The summed E-state index contributed by atoms with van der Waals surface area (Å²) in [5, 5.41) is 13.2. The van der Waals surface area contributed by atoms with Crippen LogP contribution in [0.25, 0.3) is 5.65 Å². The van der Waals surface area contributed by atoms with Crippen molar-refractivity contribution in [2.45, 2.75) is 26.3 Å². The van der Waals surface area contributed by atoms with Crippen LogP contribution in [0.4, 0.5) is 13.2 Å². The predicted octanol–water partition coefficient (Wildman–Crippen LogP) is 4.02. The van der Waals surface area contributed by atoms with Crippen LogP contribution < -0.4 is 10.1 Å². The first-order valence-electron chi connectivity index (χ1n) is 9.13. The third-order valence-electron chi connectivity index (χ3n) is 4.38. The Morgan fingerprint density at radius 2 is 2.00 bits per heavy atom. The molecular weight excluding hydrogens is 431 g/mol. The standard InChI is InChI=1S/C20H16F3N5O2S/c1-12-25-14(11-31-12)10-30-16-5-3-2-4-15(16)19(29)24-8-18-27-26-17-7-6-13(9-28(17)18)20(21,22)23/h2-7,9,11H,8,10H2,1H3,(H,24,29). The molecule has 0 saturated heterocycles. The van der Waals surface area contributed by atoms with Crippen molar-refractivity contribution in [3.8, 4) is 5.75 Å². The zero-order chi connectivity index (χ0) is 22.0. The number of rotatable bonds is 6. The minimum absolute atomic E-state index is 0.110. The summed E-state index contributed by atoms with van der Waals surface area (Å²) in [5.74, 6) is 0.0932. The number of fused-ring (bicyclic) bond motifs is 1. The summed E-state index contributed by atoms with van der Waals surface area (Å²) >= 11 is 1.50. The average molecular weight is 447 g/mol. The lowest BCUT2D eigenvalue weighted by Crippen LogP contribution is -2.24. The highest BCUT2D eigenvalue weighted by molar-refractivity contribution is 7.09. The van der Waals surface area contributed by atoms with Gasteiger partial charge in [-0.3, -0.25) is 9.20 Å². The number of nitrogens with one attached hydrogen (secondary N) is 1. The third kappa shape index (κ3) is 4.66. The minimum Gasteiger partial charge on any atom is -0.486 e. The number of hydrogen-bond acceptors (Lipinski definition) is 6. The normalized spacial score (nSPS) is 11.6. The van der Waals surface area contributed by atoms with Crippen LogP contribution in [0.3, 0.4) is 0 Å². The van der Waals surface area contributed by atoms with Crippen LogP contribution in [0.2, 0.25) is 0 Å². The molecule has 1 amide bonds. The Kier molecular flexibility index (Phi) is 5.59. The number of hydrogen-bond donors (Lipinski definition) is 1. The second kappa shape index (κ2) is 8.34. The van der Waals surface area contributed by atoms with E-state index in [1.165, 1.54) is 21.8 Å². The highest BCUT2D eigenvalue weighted by Crippen LogP contribution is 2.29. The van der Waals surface area contributed by atoms with Gasteiger partial charge in [-0.15, -0.1) is 21.5 Å². The molecule has 11 heteroatoms. The van der Waals surface area contributed by atoms with Gasteiger partial charge in [-0.25, -0.2) is 4.98 Å². The van der Waals surface area contributed by atoms with Crippen molar-refractivity contribution in [1.29, 1.82) is 0 Å². The molecule has 1 N–H and O–H groups in total. The van der Waals surface area contributed by atoms with Gasteiger partial charge in [0.2, 0.25) is 0 Å². The maximum absolute atomic E-state index is 13.0. The molecule has 4 rings (SSSR count). The summed E-state index contributed by atoms with van der Waals surface area (Å²) in [6.45, 7) is 1.99. The number of alkyl halides is 3. The van der Waals surface area contributed by atoms with Crippen molar-refractivity contribution in [3.05, 3.63) is 75.6 Å². The number of nitrogens with zero attached hydrogens (tertiary/aromatic N) is 4. The Balaban J connectivity index is 1.48. The SMILES string of the molecule is Cc1nc(COc2ccccc2C(=O)NCc2nnc3ccc(C(F)(F)F)cn23)cs1. The van der Waals surface area contributed by atoms with Crippen LogP contribution in [0.5, 0.6) is 5.75 Å². The van der Waals surface area contributed by atoms with Crippen LogP contribution in [0.15, 0.2) is 48.0 Å². The lowest BCUT2D eigenvalue weighted by Gasteiger charge is -2.11. The molecule has 31 heavy (non-hydrogen) atoms. The quantitative estimate of drug-likeness (QED) is 0.483. The largest absolute Gasteiger partial charge is 0.486 e. The summed E-state index contributed by atoms with van der Waals surface area (Å²) in [5.41, 5.74) is 0.468. The van der Waals surface area contributed by atoms with E-state index >= 15 is 0 Å². The number of carbonyl (C=O) groups excluding carboxylic acids is 1. The Bertz CT molecular complexity index is 1240. The first kappa shape index (κ1) is 20.8. The number of pyridine rings is 1. The molecule has 7 nitrogen and oxygen atoms in total. The number of halogens is 3. The van der Waals surface area contributed by atoms with E-state index in [2.05, 4.69) is 20.5 Å². The van der Waals surface area contributed by atoms with Crippen molar-refractivity contribution in [3.63, 3.8) is 0 Å². The van der Waals surface area contributed by atoms with Gasteiger partial charge < -0.3 is 10.1 Å². The molecule has 0 atom stereocenters. The van der Waals surface area contributed by atoms with Crippen molar-refractivity contribution in [1.82, 2.24) is 24.9 Å². The average Bonchev–Trinajstić information content (AvgIpc) is 3.35. The van der Waals surface area contributed by atoms with Crippen molar-refractivity contribution in [2.24, 2.45) is 0 Å². The highest BCUT2D eigenvalue weighted by Gasteiger charge is 2.31. The van der Waals surface area contributed by atoms with E-state index in [4.69, 9.17) is 4.74 Å². The van der Waals surface area contributed by atoms with Gasteiger partial charge in [0.05, 0.1) is 28.4 Å². The third-order valence-corrected chi connectivity index (χ3v) is 5.20. The number of amides is 1. The number of benzene rings is 1. The first-order valence-corrected chi connectivity index (χ1v) is 10.0. The number of aryl methyl sites for hydroxylation is 1. The second-order valence-electron chi connectivity index (χ2n) is 6.59. The molecule has 4 aromatic rings. The molecule has 160 valence electrons. The van der Waals surface area contributed by atoms with Crippen LogP contribution in [-0.4, -0.2) is 25.5 Å². The molecule has 0 aliphatic rings. The molecule has 0 radical (unpaired) electrons. The van der Waals surface area contributed by atoms with Crippen LogP contribution in [0, 0.1) is 6.92 Å². The molecule has 0 unspecified atom stereocenters. The lowest BCUT2D eigenvalue weighted by atomic mass is 10.2. The Morgan fingerprint density at radius 1 is 1.19 bits per heavy atom. The molecule has 0 saturated carbocycles. The summed E-state index contributed by atoms with van der Waals surface area (Å²) < 4.78 is 45.9. The summed E-state index contributed by atoms with van der Waals surface area (Å²) in [7, 11) is 0. The predicted molar refractivity (Wildman–Crippen MR) is 107 cm³/mol. The minimum atomic E-state index is -4.49. The van der Waals surface area contributed by atoms with Crippen molar-refractivity contribution >= 4 is 22.9 Å². The van der Waals surface area contributed by atoms with E-state index in [0.29, 0.717) is 11.3 Å². The first-order chi connectivity index (χ1) is 14.8. The monoisotopic (exact) mass is 447 g/mol. The van der Waals surface area contributed by atoms with Gasteiger partial charge >= 0.3 is 6.18 Å². The topological polar surface area (TPSA) is 81.4 Å². The Labute approximate surface area is 178 Å². The zero-order valence-corrected chi connectivity index (χ0v) is 17.0. The van der Waals surface area contributed by atoms with Gasteiger partial charge in [0.1, 0.15) is 12.4 Å². The van der Waals surface area contributed by atoms with Gasteiger partial charge in [-0.1, -0.05) is 12.1 Å². The van der Waals surface area contributed by atoms with Crippen LogP contribution in [-0.2, 0) is 19.3 Å². The molecule has 0 spiro atoms. The maximum atomic E-state index is 13.0. The zero-order valence-electron chi connectivity index (χ0n) is 16.2. The van der Waals surface area contributed by atoms with Crippen LogP contribution in [0.1, 0.15) is 32.4 Å². The Hall–Kier alpha value is -3.47. The fourth-order valence-corrected chi connectivity index (χ4v) is 3.48. The molecule has 1 aromatic carbocycles. The number of para-hydroxylation sites is 1. The van der Waals surface area contributed by atoms with Gasteiger partial charge in [0.25, 0.3) is 5.91 Å². The fraction of sp³-hybridized carbons (Fsp3) is 0.200. The lowest BCUT2D eigenvalue weighted by molar-refractivity contribution is -0.137. The summed E-state index contributed by atoms with van der Waals surface area (Å²) in [6.07, 6.45) is -3.59. The highest BCUT2D eigenvalue weighted by atomic mass is 32.1. The van der Waals surface area contributed by atoms with Crippen molar-refractivity contribution < 1.29 is 22.7 Å². The van der Waals surface area contributed by atoms with E-state index in [1.807, 2.05) is 12.3 Å². The summed E-state index contributed by atoms with van der Waals surface area (Å²) in [4.78, 5) is 17.0.